The molecule has 6 nitrogen and oxygen atoms in total. The Bertz CT molecular complexity index is 686. The maximum Gasteiger partial charge on any atom is 0.228 e. The molecule has 25 heavy (non-hydrogen) atoms. The van der Waals surface area contributed by atoms with E-state index in [1.807, 2.05) is 17.0 Å². The second-order valence-corrected chi connectivity index (χ2v) is 7.32. The van der Waals surface area contributed by atoms with Crippen molar-refractivity contribution in [3.63, 3.8) is 0 Å². The Morgan fingerprint density at radius 1 is 1.40 bits per heavy atom. The van der Waals surface area contributed by atoms with E-state index in [0.29, 0.717) is 19.5 Å². The van der Waals surface area contributed by atoms with E-state index < -0.39 is 0 Å². The van der Waals surface area contributed by atoms with E-state index in [4.69, 9.17) is 4.74 Å². The number of thioether (sulfide) groups is 1. The van der Waals surface area contributed by atoms with Crippen LogP contribution in [0.5, 0.6) is 0 Å². The molecule has 1 amide bonds. The van der Waals surface area contributed by atoms with Gasteiger partial charge in [-0.1, -0.05) is 11.8 Å². The first kappa shape index (κ1) is 16.6. The quantitative estimate of drug-likeness (QED) is 0.781. The lowest BCUT2D eigenvalue weighted by Crippen LogP contribution is -2.38. The first-order chi connectivity index (χ1) is 12.3. The summed E-state index contributed by atoms with van der Waals surface area (Å²) >= 11 is 1.62. The molecule has 1 fully saturated rings. The van der Waals surface area contributed by atoms with Crippen LogP contribution in [0.1, 0.15) is 24.8 Å². The molecule has 0 unspecified atom stereocenters. The summed E-state index contributed by atoms with van der Waals surface area (Å²) in [7, 11) is 0. The summed E-state index contributed by atoms with van der Waals surface area (Å²) in [6.07, 6.45) is 6.23. The van der Waals surface area contributed by atoms with Crippen LogP contribution < -0.4 is 0 Å². The molecule has 3 aliphatic rings. The fourth-order valence-electron chi connectivity index (χ4n) is 3.38. The lowest BCUT2D eigenvalue weighted by Gasteiger charge is -2.27. The molecule has 1 aromatic heterocycles. The topological polar surface area (TPSA) is 58.0 Å². The number of hydrogen-bond donors (Lipinski definition) is 0. The Labute approximate surface area is 152 Å². The summed E-state index contributed by atoms with van der Waals surface area (Å²) in [4.78, 5) is 25.6. The molecule has 4 heterocycles. The second kappa shape index (κ2) is 7.58. The molecule has 0 spiro atoms. The third-order valence-corrected chi connectivity index (χ3v) is 5.65. The number of amidine groups is 1. The minimum absolute atomic E-state index is 0.146. The number of ether oxygens (including phenoxy) is 1. The molecule has 1 aromatic rings. The Balaban J connectivity index is 1.44. The van der Waals surface area contributed by atoms with Gasteiger partial charge in [0.2, 0.25) is 5.91 Å². The smallest absolute Gasteiger partial charge is 0.228 e. The van der Waals surface area contributed by atoms with Gasteiger partial charge in [0.1, 0.15) is 0 Å². The predicted octanol–water partition coefficient (Wildman–Crippen LogP) is 2.24. The number of hydrogen-bond acceptors (Lipinski definition) is 6. The van der Waals surface area contributed by atoms with Gasteiger partial charge in [-0.05, 0) is 35.9 Å². The van der Waals surface area contributed by atoms with Crippen LogP contribution in [0.3, 0.4) is 0 Å². The Kier molecular flexibility index (Phi) is 5.03. The van der Waals surface area contributed by atoms with E-state index in [9.17, 15) is 4.79 Å². The van der Waals surface area contributed by atoms with Crippen molar-refractivity contribution in [2.45, 2.75) is 31.9 Å². The number of aromatic nitrogens is 1. The number of carbonyl (C=O) groups excluding carboxylic acids is 1. The van der Waals surface area contributed by atoms with Crippen LogP contribution in [0.25, 0.3) is 0 Å². The fourth-order valence-corrected chi connectivity index (χ4v) is 4.33. The van der Waals surface area contributed by atoms with Crippen LogP contribution in [0, 0.1) is 0 Å². The van der Waals surface area contributed by atoms with Crippen molar-refractivity contribution in [3.05, 3.63) is 41.2 Å². The van der Waals surface area contributed by atoms with Gasteiger partial charge >= 0.3 is 0 Å². The van der Waals surface area contributed by atoms with Gasteiger partial charge in [-0.3, -0.25) is 14.8 Å². The molecule has 4 rings (SSSR count). The molecule has 1 atom stereocenters. The van der Waals surface area contributed by atoms with Crippen molar-refractivity contribution in [2.24, 2.45) is 4.99 Å². The van der Waals surface area contributed by atoms with Gasteiger partial charge in [-0.15, -0.1) is 0 Å². The molecule has 0 radical (unpaired) electrons. The number of amides is 1. The number of nitrogens with zero attached hydrogens (tertiary/aromatic N) is 4. The van der Waals surface area contributed by atoms with E-state index in [0.717, 1.165) is 49.0 Å². The summed E-state index contributed by atoms with van der Waals surface area (Å²) < 4.78 is 5.76. The molecule has 0 aromatic carbocycles. The van der Waals surface area contributed by atoms with Gasteiger partial charge in [0.05, 0.1) is 19.1 Å². The largest absolute Gasteiger partial charge is 0.376 e. The minimum atomic E-state index is 0.146. The zero-order valence-electron chi connectivity index (χ0n) is 14.1. The highest BCUT2D eigenvalue weighted by Gasteiger charge is 2.30. The summed E-state index contributed by atoms with van der Waals surface area (Å²) in [5, 5.41) is 3.09. The first-order valence-electron chi connectivity index (χ1n) is 8.75. The SMILES string of the molecule is O=C(CC1=CSC2=NCCN12)N(Cc1ccncc1)C[C@@H]1CCCO1. The molecule has 1 saturated heterocycles. The Morgan fingerprint density at radius 2 is 2.28 bits per heavy atom. The highest BCUT2D eigenvalue weighted by Crippen LogP contribution is 2.31. The van der Waals surface area contributed by atoms with Gasteiger partial charge < -0.3 is 14.5 Å². The lowest BCUT2D eigenvalue weighted by atomic mass is 10.1. The standard InChI is InChI=1S/C18H22N4O2S/c23-17(10-15-13-25-18-20-7-8-22(15)18)21(12-16-2-1-9-24-16)11-14-3-5-19-6-4-14/h3-6,13,16H,1-2,7-12H2/t16-/m0/s1. The van der Waals surface area contributed by atoms with E-state index in [2.05, 4.69) is 20.3 Å². The monoisotopic (exact) mass is 358 g/mol. The minimum Gasteiger partial charge on any atom is -0.376 e. The molecule has 0 saturated carbocycles. The molecule has 0 aliphatic carbocycles. The van der Waals surface area contributed by atoms with E-state index in [1.165, 1.54) is 0 Å². The molecule has 3 aliphatic heterocycles. The Morgan fingerprint density at radius 3 is 3.08 bits per heavy atom. The van der Waals surface area contributed by atoms with E-state index >= 15 is 0 Å². The van der Waals surface area contributed by atoms with Crippen LogP contribution in [-0.2, 0) is 16.1 Å². The molecule has 0 N–H and O–H groups in total. The number of fused-ring (bicyclic) bond motifs is 1. The zero-order valence-corrected chi connectivity index (χ0v) is 15.0. The van der Waals surface area contributed by atoms with Crippen molar-refractivity contribution in [3.8, 4) is 0 Å². The number of carbonyl (C=O) groups is 1. The Hall–Kier alpha value is -1.86. The van der Waals surface area contributed by atoms with Gasteiger partial charge in [0.15, 0.2) is 5.17 Å². The average molecular weight is 358 g/mol. The molecular formula is C18H22N4O2S. The number of pyridine rings is 1. The van der Waals surface area contributed by atoms with Crippen LogP contribution in [0.2, 0.25) is 0 Å². The van der Waals surface area contributed by atoms with E-state index in [1.54, 1.807) is 24.2 Å². The maximum absolute atomic E-state index is 13.0. The fraction of sp³-hybridized carbons (Fsp3) is 0.500. The number of rotatable bonds is 6. The van der Waals surface area contributed by atoms with Gasteiger partial charge in [-0.2, -0.15) is 0 Å². The second-order valence-electron chi connectivity index (χ2n) is 6.48. The average Bonchev–Trinajstić information content (AvgIpc) is 3.35. The third kappa shape index (κ3) is 3.88. The van der Waals surface area contributed by atoms with Crippen molar-refractivity contribution in [2.75, 3.05) is 26.2 Å². The van der Waals surface area contributed by atoms with Crippen molar-refractivity contribution < 1.29 is 9.53 Å². The molecule has 0 bridgehead atoms. The normalized spacial score (nSPS) is 21.9. The van der Waals surface area contributed by atoms with Gasteiger partial charge in [0, 0.05) is 44.3 Å². The predicted molar refractivity (Wildman–Crippen MR) is 97.9 cm³/mol. The van der Waals surface area contributed by atoms with Gasteiger partial charge in [-0.25, -0.2) is 0 Å². The van der Waals surface area contributed by atoms with Crippen molar-refractivity contribution in [1.82, 2.24) is 14.8 Å². The number of aliphatic imine (C=N–C) groups is 1. The van der Waals surface area contributed by atoms with Crippen molar-refractivity contribution >= 4 is 22.8 Å². The van der Waals surface area contributed by atoms with Crippen LogP contribution >= 0.6 is 11.8 Å². The zero-order chi connectivity index (χ0) is 17.1. The lowest BCUT2D eigenvalue weighted by molar-refractivity contribution is -0.132. The molecular weight excluding hydrogens is 336 g/mol. The summed E-state index contributed by atoms with van der Waals surface area (Å²) in [6, 6.07) is 3.93. The highest BCUT2D eigenvalue weighted by atomic mass is 32.2. The van der Waals surface area contributed by atoms with E-state index in [-0.39, 0.29) is 12.0 Å². The third-order valence-electron chi connectivity index (χ3n) is 4.70. The highest BCUT2D eigenvalue weighted by molar-refractivity contribution is 8.16. The van der Waals surface area contributed by atoms with Gasteiger partial charge in [0.25, 0.3) is 0 Å². The van der Waals surface area contributed by atoms with Crippen molar-refractivity contribution in [1.29, 1.82) is 0 Å². The van der Waals surface area contributed by atoms with Crippen LogP contribution in [0.15, 0.2) is 40.6 Å². The van der Waals surface area contributed by atoms with Crippen LogP contribution in [0.4, 0.5) is 0 Å². The summed E-state index contributed by atoms with van der Waals surface area (Å²) in [5.41, 5.74) is 2.16. The van der Waals surface area contributed by atoms with Crippen LogP contribution in [-0.4, -0.2) is 58.2 Å². The molecule has 132 valence electrons. The summed E-state index contributed by atoms with van der Waals surface area (Å²) in [6.45, 7) is 3.77. The first-order valence-corrected chi connectivity index (χ1v) is 9.63. The summed E-state index contributed by atoms with van der Waals surface area (Å²) in [5.74, 6) is 0.146. The maximum atomic E-state index is 13.0. The molecule has 7 heteroatoms.